The number of rotatable bonds is 3. The number of alkyl halides is 2. The van der Waals surface area contributed by atoms with E-state index in [1.807, 2.05) is 0 Å². The van der Waals surface area contributed by atoms with Gasteiger partial charge in [-0.2, -0.15) is 0 Å². The molecule has 1 saturated heterocycles. The molecule has 2 unspecified atom stereocenters. The Kier molecular flexibility index (Phi) is 4.05. The van der Waals surface area contributed by atoms with Gasteiger partial charge in [-0.1, -0.05) is 12.1 Å². The van der Waals surface area contributed by atoms with Gasteiger partial charge in [-0.25, -0.2) is 13.2 Å². The molecule has 5 heteroatoms. The second-order valence-corrected chi connectivity index (χ2v) is 5.73. The van der Waals surface area contributed by atoms with Crippen molar-refractivity contribution in [1.29, 1.82) is 0 Å². The standard InChI is InChI=1S/C17H17F3N2/c1-11-8-13(12-2-4-14(18)5-3-12)10-22(11)15-6-7-21-16(9-15)17(19)20/h2-7,9,11,13,17H,8,10H2,1H3. The molecule has 0 N–H and O–H groups in total. The van der Waals surface area contributed by atoms with Crippen molar-refractivity contribution in [3.63, 3.8) is 0 Å². The van der Waals surface area contributed by atoms with Crippen LogP contribution in [-0.4, -0.2) is 17.6 Å². The van der Waals surface area contributed by atoms with E-state index < -0.39 is 6.43 Å². The van der Waals surface area contributed by atoms with E-state index in [1.165, 1.54) is 24.4 Å². The molecule has 0 spiro atoms. The van der Waals surface area contributed by atoms with Crippen LogP contribution < -0.4 is 4.90 Å². The van der Waals surface area contributed by atoms with Crippen LogP contribution in [0.2, 0.25) is 0 Å². The first-order valence-electron chi connectivity index (χ1n) is 7.31. The van der Waals surface area contributed by atoms with Crippen LogP contribution in [-0.2, 0) is 0 Å². The van der Waals surface area contributed by atoms with Crippen molar-refractivity contribution in [3.05, 3.63) is 59.7 Å². The zero-order chi connectivity index (χ0) is 15.7. The zero-order valence-corrected chi connectivity index (χ0v) is 12.2. The Hall–Kier alpha value is -2.04. The summed E-state index contributed by atoms with van der Waals surface area (Å²) in [5, 5.41) is 0. The molecule has 1 fully saturated rings. The normalized spacial score (nSPS) is 21.6. The lowest BCUT2D eigenvalue weighted by Gasteiger charge is -2.24. The molecule has 0 bridgehead atoms. The minimum Gasteiger partial charge on any atom is -0.368 e. The second-order valence-electron chi connectivity index (χ2n) is 5.73. The Bertz CT molecular complexity index is 643. The summed E-state index contributed by atoms with van der Waals surface area (Å²) >= 11 is 0. The molecule has 2 nitrogen and oxygen atoms in total. The third-order valence-electron chi connectivity index (χ3n) is 4.24. The van der Waals surface area contributed by atoms with Crippen molar-refractivity contribution in [2.24, 2.45) is 0 Å². The SMILES string of the molecule is CC1CC(c2ccc(F)cc2)CN1c1ccnc(C(F)F)c1. The summed E-state index contributed by atoms with van der Waals surface area (Å²) < 4.78 is 38.6. The largest absolute Gasteiger partial charge is 0.368 e. The third kappa shape index (κ3) is 2.93. The Morgan fingerprint density at radius 2 is 1.91 bits per heavy atom. The van der Waals surface area contributed by atoms with Crippen molar-refractivity contribution >= 4 is 5.69 Å². The van der Waals surface area contributed by atoms with Crippen LogP contribution in [0.1, 0.15) is 36.9 Å². The number of anilines is 1. The van der Waals surface area contributed by atoms with Gasteiger partial charge in [0, 0.05) is 30.4 Å². The molecule has 2 aromatic rings. The third-order valence-corrected chi connectivity index (χ3v) is 4.24. The molecule has 2 atom stereocenters. The minimum absolute atomic E-state index is 0.199. The van der Waals surface area contributed by atoms with Crippen molar-refractivity contribution in [1.82, 2.24) is 4.98 Å². The second kappa shape index (κ2) is 5.99. The molecule has 1 aliphatic heterocycles. The van der Waals surface area contributed by atoms with Crippen molar-refractivity contribution in [3.8, 4) is 0 Å². The van der Waals surface area contributed by atoms with E-state index in [1.54, 1.807) is 18.2 Å². The first kappa shape index (κ1) is 14.9. The maximum atomic E-state index is 13.0. The molecule has 1 aromatic carbocycles. The number of pyridine rings is 1. The lowest BCUT2D eigenvalue weighted by atomic mass is 9.97. The summed E-state index contributed by atoms with van der Waals surface area (Å²) in [5.74, 6) is 0.0288. The van der Waals surface area contributed by atoms with Crippen LogP contribution in [0.25, 0.3) is 0 Å². The molecule has 2 heterocycles. The monoisotopic (exact) mass is 306 g/mol. The number of hydrogen-bond acceptors (Lipinski definition) is 2. The quantitative estimate of drug-likeness (QED) is 0.827. The highest BCUT2D eigenvalue weighted by atomic mass is 19.3. The van der Waals surface area contributed by atoms with Crippen molar-refractivity contribution in [2.75, 3.05) is 11.4 Å². The molecule has 0 radical (unpaired) electrons. The summed E-state index contributed by atoms with van der Waals surface area (Å²) in [6.45, 7) is 2.81. The summed E-state index contributed by atoms with van der Waals surface area (Å²) in [6.07, 6.45) is -0.224. The smallest absolute Gasteiger partial charge is 0.280 e. The maximum Gasteiger partial charge on any atom is 0.280 e. The van der Waals surface area contributed by atoms with E-state index >= 15 is 0 Å². The Morgan fingerprint density at radius 1 is 1.18 bits per heavy atom. The lowest BCUT2D eigenvalue weighted by molar-refractivity contribution is 0.146. The Balaban J connectivity index is 1.81. The van der Waals surface area contributed by atoms with E-state index in [9.17, 15) is 13.2 Å². The lowest BCUT2D eigenvalue weighted by Crippen LogP contribution is -2.26. The summed E-state index contributed by atoms with van der Waals surface area (Å²) in [5.41, 5.74) is 1.65. The van der Waals surface area contributed by atoms with E-state index in [0.717, 1.165) is 24.2 Å². The van der Waals surface area contributed by atoms with Gasteiger partial charge < -0.3 is 4.90 Å². The number of halogens is 3. The van der Waals surface area contributed by atoms with Gasteiger partial charge in [0.15, 0.2) is 0 Å². The van der Waals surface area contributed by atoms with E-state index in [2.05, 4.69) is 16.8 Å². The minimum atomic E-state index is -2.56. The molecule has 0 aliphatic carbocycles. The predicted octanol–water partition coefficient (Wildman–Crippen LogP) is 4.54. The number of benzene rings is 1. The fraction of sp³-hybridized carbons (Fsp3) is 0.353. The maximum absolute atomic E-state index is 13.0. The summed E-state index contributed by atoms with van der Waals surface area (Å²) in [7, 11) is 0. The molecular weight excluding hydrogens is 289 g/mol. The Labute approximate surface area is 127 Å². The van der Waals surface area contributed by atoms with Gasteiger partial charge >= 0.3 is 0 Å². The van der Waals surface area contributed by atoms with Gasteiger partial charge in [-0.05, 0) is 43.2 Å². The molecule has 0 saturated carbocycles. The highest BCUT2D eigenvalue weighted by Gasteiger charge is 2.30. The van der Waals surface area contributed by atoms with Crippen LogP contribution in [0.5, 0.6) is 0 Å². The van der Waals surface area contributed by atoms with Gasteiger partial charge in [0.1, 0.15) is 11.5 Å². The van der Waals surface area contributed by atoms with Gasteiger partial charge in [0.2, 0.25) is 0 Å². The fourth-order valence-corrected chi connectivity index (χ4v) is 3.10. The molecule has 116 valence electrons. The summed E-state index contributed by atoms with van der Waals surface area (Å²) in [6, 6.07) is 9.97. The van der Waals surface area contributed by atoms with Gasteiger partial charge in [0.05, 0.1) is 0 Å². The predicted molar refractivity (Wildman–Crippen MR) is 79.8 cm³/mol. The topological polar surface area (TPSA) is 16.1 Å². The number of aromatic nitrogens is 1. The molecule has 1 aliphatic rings. The first-order chi connectivity index (χ1) is 10.5. The molecule has 22 heavy (non-hydrogen) atoms. The van der Waals surface area contributed by atoms with E-state index in [0.29, 0.717) is 0 Å². The fourth-order valence-electron chi connectivity index (χ4n) is 3.10. The highest BCUT2D eigenvalue weighted by molar-refractivity contribution is 5.50. The zero-order valence-electron chi connectivity index (χ0n) is 12.2. The first-order valence-corrected chi connectivity index (χ1v) is 7.31. The van der Waals surface area contributed by atoms with Gasteiger partial charge in [0.25, 0.3) is 6.43 Å². The molecule has 1 aromatic heterocycles. The number of hydrogen-bond donors (Lipinski definition) is 0. The van der Waals surface area contributed by atoms with Crippen molar-refractivity contribution < 1.29 is 13.2 Å². The van der Waals surface area contributed by atoms with Crippen molar-refractivity contribution in [2.45, 2.75) is 31.7 Å². The van der Waals surface area contributed by atoms with E-state index in [-0.39, 0.29) is 23.5 Å². The van der Waals surface area contributed by atoms with Gasteiger partial charge in [-0.3, -0.25) is 4.98 Å². The number of nitrogens with zero attached hydrogens (tertiary/aromatic N) is 2. The Morgan fingerprint density at radius 3 is 2.59 bits per heavy atom. The average molecular weight is 306 g/mol. The van der Waals surface area contributed by atoms with Crippen LogP contribution in [0.15, 0.2) is 42.6 Å². The van der Waals surface area contributed by atoms with Crippen LogP contribution >= 0.6 is 0 Å². The van der Waals surface area contributed by atoms with Crippen LogP contribution in [0.3, 0.4) is 0 Å². The van der Waals surface area contributed by atoms with Crippen LogP contribution in [0, 0.1) is 5.82 Å². The molecule has 3 rings (SSSR count). The van der Waals surface area contributed by atoms with Crippen LogP contribution in [0.4, 0.5) is 18.9 Å². The molecular formula is C17H17F3N2. The van der Waals surface area contributed by atoms with E-state index in [4.69, 9.17) is 0 Å². The molecule has 0 amide bonds. The highest BCUT2D eigenvalue weighted by Crippen LogP contribution is 2.35. The van der Waals surface area contributed by atoms with Gasteiger partial charge in [-0.15, -0.1) is 0 Å². The summed E-state index contributed by atoms with van der Waals surface area (Å²) in [4.78, 5) is 5.82. The average Bonchev–Trinajstić information content (AvgIpc) is 2.90.